The zero-order valence-corrected chi connectivity index (χ0v) is 8.57. The average molecular weight is 204 g/mol. The van der Waals surface area contributed by atoms with Gasteiger partial charge in [-0.05, 0) is 0 Å². The van der Waals surface area contributed by atoms with Crippen molar-refractivity contribution in [3.05, 3.63) is 0 Å². The molecule has 6 nitrogen and oxygen atoms in total. The second-order valence-electron chi connectivity index (χ2n) is 2.96. The second kappa shape index (κ2) is 6.20. The molecule has 1 atom stereocenters. The zero-order valence-electron chi connectivity index (χ0n) is 8.57. The molecule has 0 saturated carbocycles. The van der Waals surface area contributed by atoms with Crippen LogP contribution in [-0.2, 0) is 14.3 Å². The molecule has 0 aromatic carbocycles. The molecule has 0 heterocycles. The van der Waals surface area contributed by atoms with Gasteiger partial charge in [-0.25, -0.2) is 4.79 Å². The quantitative estimate of drug-likeness (QED) is 0.490. The third-order valence-corrected chi connectivity index (χ3v) is 1.39. The number of carbonyl (C=O) groups is 2. The van der Waals surface area contributed by atoms with Crippen LogP contribution < -0.4 is 11.1 Å². The third kappa shape index (κ3) is 4.66. The largest absolute Gasteiger partial charge is 0.424 e. The van der Waals surface area contributed by atoms with Gasteiger partial charge in [-0.2, -0.15) is 0 Å². The molecule has 0 aliphatic rings. The van der Waals surface area contributed by atoms with Gasteiger partial charge >= 0.3 is 12.1 Å². The predicted octanol–water partition coefficient (Wildman–Crippen LogP) is -0.174. The number of alkyl carbamates (subject to hydrolysis) is 1. The van der Waals surface area contributed by atoms with Crippen molar-refractivity contribution in [2.75, 3.05) is 13.6 Å². The van der Waals surface area contributed by atoms with Crippen molar-refractivity contribution >= 4 is 12.1 Å². The van der Waals surface area contributed by atoms with E-state index in [0.29, 0.717) is 0 Å². The number of nitrogens with two attached hydrogens (primary N) is 1. The van der Waals surface area contributed by atoms with Crippen LogP contribution in [0.15, 0.2) is 0 Å². The molecule has 0 saturated heterocycles. The second-order valence-corrected chi connectivity index (χ2v) is 2.96. The van der Waals surface area contributed by atoms with Crippen molar-refractivity contribution in [3.8, 4) is 0 Å². The van der Waals surface area contributed by atoms with Crippen LogP contribution in [0.2, 0.25) is 0 Å². The van der Waals surface area contributed by atoms with E-state index < -0.39 is 18.4 Å². The number of carbonyl (C=O) groups excluding carboxylic acids is 2. The minimum atomic E-state index is -0.897. The summed E-state index contributed by atoms with van der Waals surface area (Å²) < 4.78 is 9.57. The molecule has 0 aromatic rings. The minimum absolute atomic E-state index is 0.122. The fourth-order valence-electron chi connectivity index (χ4n) is 0.638. The summed E-state index contributed by atoms with van der Waals surface area (Å²) in [7, 11) is 1.42. The van der Waals surface area contributed by atoms with Gasteiger partial charge in [-0.3, -0.25) is 4.79 Å². The predicted molar refractivity (Wildman–Crippen MR) is 49.3 cm³/mol. The lowest BCUT2D eigenvalue weighted by Gasteiger charge is -2.20. The number of nitrogens with one attached hydrogen (secondary N) is 1. The first-order valence-corrected chi connectivity index (χ1v) is 4.29. The van der Waals surface area contributed by atoms with Crippen LogP contribution in [-0.4, -0.2) is 31.9 Å². The Hall–Kier alpha value is -1.30. The SMILES string of the molecule is CNC(=O)OC(OC(=O)CN)C(C)C. The van der Waals surface area contributed by atoms with Crippen LogP contribution in [0.25, 0.3) is 0 Å². The molecule has 1 unspecified atom stereocenters. The first-order chi connectivity index (χ1) is 6.51. The molecule has 0 fully saturated rings. The van der Waals surface area contributed by atoms with Gasteiger partial charge in [0.05, 0.1) is 6.54 Å². The highest BCUT2D eigenvalue weighted by molar-refractivity contribution is 5.72. The summed E-state index contributed by atoms with van der Waals surface area (Å²) in [5.74, 6) is -0.726. The Morgan fingerprint density at radius 2 is 1.93 bits per heavy atom. The Labute approximate surface area is 82.7 Å². The molecule has 0 aromatic heterocycles. The molecule has 0 aliphatic heterocycles. The van der Waals surface area contributed by atoms with Gasteiger partial charge in [0.2, 0.25) is 0 Å². The average Bonchev–Trinajstić information content (AvgIpc) is 2.16. The highest BCUT2D eigenvalue weighted by Crippen LogP contribution is 2.08. The molecule has 0 rings (SSSR count). The lowest BCUT2D eigenvalue weighted by molar-refractivity contribution is -0.173. The van der Waals surface area contributed by atoms with E-state index in [1.165, 1.54) is 7.05 Å². The van der Waals surface area contributed by atoms with E-state index >= 15 is 0 Å². The van der Waals surface area contributed by atoms with E-state index in [0.717, 1.165) is 0 Å². The Morgan fingerprint density at radius 1 is 1.36 bits per heavy atom. The first-order valence-electron chi connectivity index (χ1n) is 4.29. The summed E-state index contributed by atoms with van der Waals surface area (Å²) in [5, 5.41) is 2.26. The third-order valence-electron chi connectivity index (χ3n) is 1.39. The summed E-state index contributed by atoms with van der Waals surface area (Å²) >= 11 is 0. The molecule has 0 bridgehead atoms. The van der Waals surface area contributed by atoms with Crippen LogP contribution in [0.5, 0.6) is 0 Å². The maximum Gasteiger partial charge on any atom is 0.409 e. The van der Waals surface area contributed by atoms with Crippen molar-refractivity contribution in [1.29, 1.82) is 0 Å². The van der Waals surface area contributed by atoms with Gasteiger partial charge in [0.25, 0.3) is 6.29 Å². The number of esters is 1. The minimum Gasteiger partial charge on any atom is -0.424 e. The van der Waals surface area contributed by atoms with E-state index in [1.54, 1.807) is 13.8 Å². The van der Waals surface area contributed by atoms with Crippen molar-refractivity contribution in [3.63, 3.8) is 0 Å². The van der Waals surface area contributed by atoms with Crippen molar-refractivity contribution in [2.24, 2.45) is 11.7 Å². The Kier molecular flexibility index (Phi) is 5.62. The molecule has 0 aliphatic carbocycles. The van der Waals surface area contributed by atoms with Gasteiger partial charge in [0, 0.05) is 13.0 Å². The molecule has 1 amide bonds. The molecule has 82 valence electrons. The highest BCUT2D eigenvalue weighted by atomic mass is 16.7. The van der Waals surface area contributed by atoms with E-state index in [-0.39, 0.29) is 12.5 Å². The van der Waals surface area contributed by atoms with Crippen LogP contribution in [0.4, 0.5) is 4.79 Å². The molecule has 0 radical (unpaired) electrons. The molecule has 14 heavy (non-hydrogen) atoms. The Balaban J connectivity index is 4.16. The topological polar surface area (TPSA) is 90.6 Å². The lowest BCUT2D eigenvalue weighted by Crippen LogP contribution is -2.34. The van der Waals surface area contributed by atoms with Crippen LogP contribution in [0.3, 0.4) is 0 Å². The normalized spacial score (nSPS) is 12.1. The summed E-state index contributed by atoms with van der Waals surface area (Å²) in [6.07, 6.45) is -1.54. The van der Waals surface area contributed by atoms with E-state index in [1.807, 2.05) is 0 Å². The molecule has 3 N–H and O–H groups in total. The molecule has 6 heteroatoms. The molecule has 0 spiro atoms. The standard InChI is InChI=1S/C8H16N2O4/c1-5(2)7(13-6(11)4-9)14-8(12)10-3/h5,7H,4,9H2,1-3H3,(H,10,12). The summed E-state index contributed by atoms with van der Waals surface area (Å²) in [4.78, 5) is 21.7. The van der Waals surface area contributed by atoms with Crippen molar-refractivity contribution < 1.29 is 19.1 Å². The van der Waals surface area contributed by atoms with Crippen LogP contribution in [0.1, 0.15) is 13.8 Å². The van der Waals surface area contributed by atoms with Crippen LogP contribution in [0, 0.1) is 5.92 Å². The van der Waals surface area contributed by atoms with Crippen molar-refractivity contribution in [2.45, 2.75) is 20.1 Å². The maximum absolute atomic E-state index is 10.8. The van der Waals surface area contributed by atoms with E-state index in [9.17, 15) is 9.59 Å². The van der Waals surface area contributed by atoms with Crippen LogP contribution >= 0.6 is 0 Å². The first kappa shape index (κ1) is 12.7. The maximum atomic E-state index is 10.8. The number of hydrogen-bond acceptors (Lipinski definition) is 5. The number of hydrogen-bond donors (Lipinski definition) is 2. The van der Waals surface area contributed by atoms with E-state index in [2.05, 4.69) is 5.32 Å². The number of ether oxygens (including phenoxy) is 2. The summed E-state index contributed by atoms with van der Waals surface area (Å²) in [5.41, 5.74) is 5.05. The summed E-state index contributed by atoms with van der Waals surface area (Å²) in [6, 6.07) is 0. The van der Waals surface area contributed by atoms with Gasteiger partial charge < -0.3 is 20.5 Å². The van der Waals surface area contributed by atoms with Gasteiger partial charge in [0.1, 0.15) is 0 Å². The molecular formula is C8H16N2O4. The Morgan fingerprint density at radius 3 is 2.29 bits per heavy atom. The smallest absolute Gasteiger partial charge is 0.409 e. The monoisotopic (exact) mass is 204 g/mol. The molecular weight excluding hydrogens is 188 g/mol. The number of amides is 1. The van der Waals surface area contributed by atoms with Gasteiger partial charge in [-0.1, -0.05) is 13.8 Å². The number of rotatable bonds is 4. The van der Waals surface area contributed by atoms with E-state index in [4.69, 9.17) is 15.2 Å². The zero-order chi connectivity index (χ0) is 11.1. The summed E-state index contributed by atoms with van der Waals surface area (Å²) in [6.45, 7) is 3.29. The highest BCUT2D eigenvalue weighted by Gasteiger charge is 2.21. The fraction of sp³-hybridized carbons (Fsp3) is 0.750. The van der Waals surface area contributed by atoms with Crippen molar-refractivity contribution in [1.82, 2.24) is 5.32 Å². The fourth-order valence-corrected chi connectivity index (χ4v) is 0.638. The Bertz CT molecular complexity index is 188. The lowest BCUT2D eigenvalue weighted by atomic mass is 10.2. The van der Waals surface area contributed by atoms with Gasteiger partial charge in [0.15, 0.2) is 0 Å². The van der Waals surface area contributed by atoms with Gasteiger partial charge in [-0.15, -0.1) is 0 Å².